The molecule has 0 saturated heterocycles. The topological polar surface area (TPSA) is 32.3 Å². The third kappa shape index (κ3) is 15.6. The van der Waals surface area contributed by atoms with Crippen LogP contribution in [-0.4, -0.2) is 37.5 Å². The van der Waals surface area contributed by atoms with E-state index in [2.05, 4.69) is 31.1 Å². The number of carbonyl (C=O) groups is 1. The van der Waals surface area contributed by atoms with Crippen LogP contribution in [0.4, 0.5) is 0 Å². The van der Waals surface area contributed by atoms with E-state index in [1.807, 2.05) is 0 Å². The molecule has 21 heavy (non-hydrogen) atoms. The van der Waals surface area contributed by atoms with E-state index in [0.29, 0.717) is 6.42 Å². The number of carbonyl (C=O) groups excluding carboxylic acids is 1. The molecule has 0 rings (SSSR count). The highest BCUT2D eigenvalue weighted by Crippen LogP contribution is 2.10. The molecule has 0 aliphatic heterocycles. The second kappa shape index (κ2) is 15.8. The van der Waals surface area contributed by atoms with Gasteiger partial charge in [0.1, 0.15) is 0 Å². The molecule has 0 saturated carbocycles. The van der Waals surface area contributed by atoms with Crippen LogP contribution < -0.4 is 5.32 Å². The maximum atomic E-state index is 11.6. The van der Waals surface area contributed by atoms with E-state index in [0.717, 1.165) is 32.5 Å². The lowest BCUT2D eigenvalue weighted by molar-refractivity contribution is -0.121. The van der Waals surface area contributed by atoms with Crippen molar-refractivity contribution in [2.24, 2.45) is 0 Å². The molecule has 0 aromatic heterocycles. The zero-order chi connectivity index (χ0) is 15.8. The second-order valence-corrected chi connectivity index (χ2v) is 6.18. The van der Waals surface area contributed by atoms with E-state index in [4.69, 9.17) is 0 Å². The summed E-state index contributed by atoms with van der Waals surface area (Å²) in [7, 11) is 2.12. The van der Waals surface area contributed by atoms with Crippen LogP contribution >= 0.6 is 0 Å². The van der Waals surface area contributed by atoms with Crippen LogP contribution in [0, 0.1) is 0 Å². The third-order valence-corrected chi connectivity index (χ3v) is 4.09. The number of hydrogen-bond acceptors (Lipinski definition) is 2. The fraction of sp³-hybridized carbons (Fsp3) is 0.944. The van der Waals surface area contributed by atoms with Crippen LogP contribution in [0.2, 0.25) is 0 Å². The van der Waals surface area contributed by atoms with Crippen molar-refractivity contribution in [2.75, 3.05) is 26.7 Å². The summed E-state index contributed by atoms with van der Waals surface area (Å²) in [6, 6.07) is 0. The van der Waals surface area contributed by atoms with Crippen molar-refractivity contribution in [2.45, 2.75) is 84.5 Å². The largest absolute Gasteiger partial charge is 0.356 e. The fourth-order valence-corrected chi connectivity index (χ4v) is 2.42. The summed E-state index contributed by atoms with van der Waals surface area (Å²) in [4.78, 5) is 13.9. The predicted molar refractivity (Wildman–Crippen MR) is 92.6 cm³/mol. The highest BCUT2D eigenvalue weighted by Gasteiger charge is 2.01. The van der Waals surface area contributed by atoms with Gasteiger partial charge in [-0.05, 0) is 33.0 Å². The number of nitrogens with one attached hydrogen (secondary N) is 1. The van der Waals surface area contributed by atoms with Gasteiger partial charge in [0.25, 0.3) is 0 Å². The minimum absolute atomic E-state index is 0.233. The molecule has 1 amide bonds. The Bertz CT molecular complexity index is 231. The summed E-state index contributed by atoms with van der Waals surface area (Å²) < 4.78 is 0. The standard InChI is InChI=1S/C18H38N2O/c1-4-6-7-8-9-10-11-12-13-15-18(21)19-16-14-17-20(3)5-2/h4-17H2,1-3H3,(H,19,21). The molecule has 0 aliphatic carbocycles. The summed E-state index contributed by atoms with van der Waals surface area (Å²) in [5.41, 5.74) is 0. The Labute approximate surface area is 132 Å². The first kappa shape index (κ1) is 20.4. The average molecular weight is 299 g/mol. The Kier molecular flexibility index (Phi) is 15.4. The minimum atomic E-state index is 0.233. The van der Waals surface area contributed by atoms with Crippen LogP contribution in [0.15, 0.2) is 0 Å². The molecule has 0 fully saturated rings. The lowest BCUT2D eigenvalue weighted by Crippen LogP contribution is -2.27. The third-order valence-electron chi connectivity index (χ3n) is 4.09. The Morgan fingerprint density at radius 2 is 1.43 bits per heavy atom. The molecule has 3 nitrogen and oxygen atoms in total. The highest BCUT2D eigenvalue weighted by atomic mass is 16.1. The number of rotatable bonds is 15. The van der Waals surface area contributed by atoms with Gasteiger partial charge >= 0.3 is 0 Å². The van der Waals surface area contributed by atoms with Crippen LogP contribution in [0.25, 0.3) is 0 Å². The first-order chi connectivity index (χ1) is 10.2. The first-order valence-electron chi connectivity index (χ1n) is 9.16. The van der Waals surface area contributed by atoms with Gasteiger partial charge in [-0.3, -0.25) is 4.79 Å². The molecule has 0 aliphatic rings. The van der Waals surface area contributed by atoms with Gasteiger partial charge in [-0.2, -0.15) is 0 Å². The first-order valence-corrected chi connectivity index (χ1v) is 9.16. The van der Waals surface area contributed by atoms with Crippen molar-refractivity contribution in [3.63, 3.8) is 0 Å². The number of unbranched alkanes of at least 4 members (excludes halogenated alkanes) is 8. The lowest BCUT2D eigenvalue weighted by atomic mass is 10.1. The van der Waals surface area contributed by atoms with Crippen LogP contribution in [0.1, 0.15) is 84.5 Å². The van der Waals surface area contributed by atoms with Crippen molar-refractivity contribution >= 4 is 5.91 Å². The van der Waals surface area contributed by atoms with Gasteiger partial charge in [-0.25, -0.2) is 0 Å². The molecule has 3 heteroatoms. The Morgan fingerprint density at radius 3 is 2.00 bits per heavy atom. The van der Waals surface area contributed by atoms with E-state index in [1.165, 1.54) is 51.4 Å². The van der Waals surface area contributed by atoms with Gasteiger partial charge in [0, 0.05) is 13.0 Å². The zero-order valence-electron chi connectivity index (χ0n) is 14.8. The molecule has 0 atom stereocenters. The molecule has 0 radical (unpaired) electrons. The summed E-state index contributed by atoms with van der Waals surface area (Å²) in [6.07, 6.45) is 13.5. The van der Waals surface area contributed by atoms with Crippen LogP contribution in [0.5, 0.6) is 0 Å². The molecule has 0 aromatic carbocycles. The van der Waals surface area contributed by atoms with Crippen molar-refractivity contribution in [1.82, 2.24) is 10.2 Å². The lowest BCUT2D eigenvalue weighted by Gasteiger charge is -2.13. The Hall–Kier alpha value is -0.570. The van der Waals surface area contributed by atoms with Crippen molar-refractivity contribution < 1.29 is 4.79 Å². The summed E-state index contributed by atoms with van der Waals surface area (Å²) in [5.74, 6) is 0.233. The number of hydrogen-bond donors (Lipinski definition) is 1. The monoisotopic (exact) mass is 298 g/mol. The molecule has 1 N–H and O–H groups in total. The maximum Gasteiger partial charge on any atom is 0.219 e. The summed E-state index contributed by atoms with van der Waals surface area (Å²) in [6.45, 7) is 7.37. The van der Waals surface area contributed by atoms with Crippen LogP contribution in [0.3, 0.4) is 0 Å². The molecule has 0 aromatic rings. The predicted octanol–water partition coefficient (Wildman–Crippen LogP) is 4.37. The van der Waals surface area contributed by atoms with E-state index in [1.54, 1.807) is 0 Å². The number of nitrogens with zero attached hydrogens (tertiary/aromatic N) is 1. The highest BCUT2D eigenvalue weighted by molar-refractivity contribution is 5.75. The molecular formula is C18H38N2O. The van der Waals surface area contributed by atoms with Crippen molar-refractivity contribution in [3.8, 4) is 0 Å². The molecule has 0 spiro atoms. The SMILES string of the molecule is CCCCCCCCCCCC(=O)NCCCN(C)CC. The van der Waals surface area contributed by atoms with Gasteiger partial charge in [-0.15, -0.1) is 0 Å². The van der Waals surface area contributed by atoms with E-state index >= 15 is 0 Å². The minimum Gasteiger partial charge on any atom is -0.356 e. The summed E-state index contributed by atoms with van der Waals surface area (Å²) in [5, 5.41) is 3.02. The normalized spacial score (nSPS) is 11.0. The molecule has 0 unspecified atom stereocenters. The molecule has 126 valence electrons. The second-order valence-electron chi connectivity index (χ2n) is 6.18. The van der Waals surface area contributed by atoms with E-state index < -0.39 is 0 Å². The zero-order valence-corrected chi connectivity index (χ0v) is 14.8. The summed E-state index contributed by atoms with van der Waals surface area (Å²) >= 11 is 0. The van der Waals surface area contributed by atoms with Crippen molar-refractivity contribution in [3.05, 3.63) is 0 Å². The Morgan fingerprint density at radius 1 is 0.857 bits per heavy atom. The fourth-order valence-electron chi connectivity index (χ4n) is 2.42. The smallest absolute Gasteiger partial charge is 0.219 e. The van der Waals surface area contributed by atoms with Gasteiger partial charge in [0.2, 0.25) is 5.91 Å². The van der Waals surface area contributed by atoms with Gasteiger partial charge in [0.05, 0.1) is 0 Å². The van der Waals surface area contributed by atoms with Gasteiger partial charge in [-0.1, -0.05) is 65.2 Å². The van der Waals surface area contributed by atoms with E-state index in [9.17, 15) is 4.79 Å². The van der Waals surface area contributed by atoms with Crippen LogP contribution in [-0.2, 0) is 4.79 Å². The average Bonchev–Trinajstić information content (AvgIpc) is 2.49. The van der Waals surface area contributed by atoms with E-state index in [-0.39, 0.29) is 5.91 Å². The molecule has 0 heterocycles. The Balaban J connectivity index is 3.19. The molecular weight excluding hydrogens is 260 g/mol. The molecule has 0 bridgehead atoms. The number of amides is 1. The van der Waals surface area contributed by atoms with Gasteiger partial charge in [0.15, 0.2) is 0 Å². The van der Waals surface area contributed by atoms with Gasteiger partial charge < -0.3 is 10.2 Å². The maximum absolute atomic E-state index is 11.6. The van der Waals surface area contributed by atoms with Crippen molar-refractivity contribution in [1.29, 1.82) is 0 Å². The quantitative estimate of drug-likeness (QED) is 0.455.